The standard InChI is InChI=1S/C18H21F3N8.2H2/c1-10(2)24-16-27-15(13-4-3-5-14(26-13)18(19,20)21)28-17(29-16)25-12(8-22)9-23-11-6-7-11;;/h3-5,8-11H,6-7,22H2,1-2H3,(H2,24,25,27,28,29);2*1H/b12-8+,23-9?;;. The molecule has 8 nitrogen and oxygen atoms in total. The molecule has 0 amide bonds. The quantitative estimate of drug-likeness (QED) is 0.596. The van der Waals surface area contributed by atoms with Crippen molar-refractivity contribution in [1.82, 2.24) is 19.9 Å². The Balaban J connectivity index is 0.00000240. The Labute approximate surface area is 168 Å². The molecule has 1 fully saturated rings. The van der Waals surface area contributed by atoms with Gasteiger partial charge in [0.1, 0.15) is 11.4 Å². The summed E-state index contributed by atoms with van der Waals surface area (Å²) in [5.74, 6) is 0.297. The van der Waals surface area contributed by atoms with Gasteiger partial charge >= 0.3 is 6.18 Å². The number of hydrogen-bond acceptors (Lipinski definition) is 8. The highest BCUT2D eigenvalue weighted by Gasteiger charge is 2.32. The third-order valence-electron chi connectivity index (χ3n) is 3.73. The summed E-state index contributed by atoms with van der Waals surface area (Å²) in [6.07, 6.45) is 0.395. The molecular formula is C18H25F3N8. The van der Waals surface area contributed by atoms with E-state index in [0.29, 0.717) is 11.7 Å². The summed E-state index contributed by atoms with van der Waals surface area (Å²) < 4.78 is 39.0. The first-order valence-electron chi connectivity index (χ1n) is 9.04. The molecule has 2 heterocycles. The van der Waals surface area contributed by atoms with Crippen LogP contribution < -0.4 is 16.4 Å². The van der Waals surface area contributed by atoms with Crippen molar-refractivity contribution >= 4 is 18.1 Å². The van der Waals surface area contributed by atoms with Crippen LogP contribution in [0.3, 0.4) is 0 Å². The minimum Gasteiger partial charge on any atom is -0.403 e. The molecular weight excluding hydrogens is 385 g/mol. The minimum atomic E-state index is -4.57. The molecule has 0 saturated heterocycles. The van der Waals surface area contributed by atoms with E-state index in [2.05, 4.69) is 35.6 Å². The molecule has 29 heavy (non-hydrogen) atoms. The van der Waals surface area contributed by atoms with E-state index in [1.54, 1.807) is 6.21 Å². The number of hydrogen-bond donors (Lipinski definition) is 3. The number of aliphatic imine (C=N–C) groups is 1. The predicted octanol–water partition coefficient (Wildman–Crippen LogP) is 3.71. The maximum Gasteiger partial charge on any atom is 0.433 e. The van der Waals surface area contributed by atoms with Crippen LogP contribution in [-0.4, -0.2) is 38.2 Å². The lowest BCUT2D eigenvalue weighted by molar-refractivity contribution is -0.141. The molecule has 3 rings (SSSR count). The lowest BCUT2D eigenvalue weighted by atomic mass is 10.3. The fraction of sp³-hybridized carbons (Fsp3) is 0.389. The van der Waals surface area contributed by atoms with Crippen molar-refractivity contribution < 1.29 is 16.0 Å². The number of anilines is 2. The topological polar surface area (TPSA) is 114 Å². The van der Waals surface area contributed by atoms with E-state index < -0.39 is 11.9 Å². The van der Waals surface area contributed by atoms with Crippen LogP contribution >= 0.6 is 0 Å². The second-order valence-corrected chi connectivity index (χ2v) is 6.77. The van der Waals surface area contributed by atoms with Crippen molar-refractivity contribution in [3.63, 3.8) is 0 Å². The molecule has 2 aromatic rings. The molecule has 158 valence electrons. The number of aromatic nitrogens is 4. The highest BCUT2D eigenvalue weighted by atomic mass is 19.4. The lowest BCUT2D eigenvalue weighted by Gasteiger charge is -2.12. The summed E-state index contributed by atoms with van der Waals surface area (Å²) >= 11 is 0. The summed E-state index contributed by atoms with van der Waals surface area (Å²) in [4.78, 5) is 20.6. The van der Waals surface area contributed by atoms with Crippen molar-refractivity contribution in [1.29, 1.82) is 0 Å². The average Bonchev–Trinajstić information content (AvgIpc) is 3.48. The third-order valence-corrected chi connectivity index (χ3v) is 3.73. The van der Waals surface area contributed by atoms with Crippen molar-refractivity contribution in [2.24, 2.45) is 10.7 Å². The largest absolute Gasteiger partial charge is 0.433 e. The first-order valence-corrected chi connectivity index (χ1v) is 9.04. The molecule has 0 bridgehead atoms. The van der Waals surface area contributed by atoms with Crippen LogP contribution in [0.2, 0.25) is 0 Å². The summed E-state index contributed by atoms with van der Waals surface area (Å²) in [5.41, 5.74) is 5.03. The van der Waals surface area contributed by atoms with Crippen LogP contribution in [0.5, 0.6) is 0 Å². The number of nitrogens with two attached hydrogens (primary N) is 1. The molecule has 1 aliphatic carbocycles. The number of halogens is 3. The molecule has 1 saturated carbocycles. The maximum atomic E-state index is 13.0. The fourth-order valence-electron chi connectivity index (χ4n) is 2.24. The van der Waals surface area contributed by atoms with Gasteiger partial charge in [0.15, 0.2) is 5.82 Å². The second kappa shape index (κ2) is 8.41. The van der Waals surface area contributed by atoms with Crippen molar-refractivity contribution in [2.75, 3.05) is 10.6 Å². The van der Waals surface area contributed by atoms with Crippen molar-refractivity contribution in [3.8, 4) is 11.5 Å². The van der Waals surface area contributed by atoms with Gasteiger partial charge in [-0.15, -0.1) is 0 Å². The lowest BCUT2D eigenvalue weighted by Crippen LogP contribution is -2.16. The Kier molecular flexibility index (Phi) is 5.95. The molecule has 0 aliphatic heterocycles. The number of nitrogens with zero attached hydrogens (tertiary/aromatic N) is 5. The van der Waals surface area contributed by atoms with Gasteiger partial charge in [0.2, 0.25) is 11.9 Å². The van der Waals surface area contributed by atoms with Gasteiger partial charge in [-0.25, -0.2) is 4.98 Å². The zero-order valence-corrected chi connectivity index (χ0v) is 15.9. The minimum absolute atomic E-state index is 0. The van der Waals surface area contributed by atoms with E-state index in [-0.39, 0.29) is 32.3 Å². The van der Waals surface area contributed by atoms with Crippen molar-refractivity contribution in [2.45, 2.75) is 44.9 Å². The van der Waals surface area contributed by atoms with E-state index in [1.165, 1.54) is 18.3 Å². The van der Waals surface area contributed by atoms with E-state index in [1.807, 2.05) is 13.8 Å². The van der Waals surface area contributed by atoms with Crippen LogP contribution in [0, 0.1) is 0 Å². The Hall–Kier alpha value is -3.24. The van der Waals surface area contributed by atoms with Gasteiger partial charge in [-0.3, -0.25) is 4.99 Å². The van der Waals surface area contributed by atoms with Crippen LogP contribution in [0.1, 0.15) is 35.2 Å². The molecule has 0 aromatic carbocycles. The Bertz CT molecular complexity index is 930. The van der Waals surface area contributed by atoms with Gasteiger partial charge in [-0.2, -0.15) is 28.1 Å². The SMILES string of the molecule is CC(C)Nc1nc(N/C(C=NC2CC2)=C/N)nc(-c2cccc(C(F)(F)F)n2)n1.[HH].[HH]. The summed E-state index contributed by atoms with van der Waals surface area (Å²) in [6.45, 7) is 3.76. The zero-order valence-electron chi connectivity index (χ0n) is 15.9. The first kappa shape index (κ1) is 20.5. The molecule has 0 unspecified atom stereocenters. The van der Waals surface area contributed by atoms with Gasteiger partial charge in [-0.1, -0.05) is 6.07 Å². The molecule has 11 heteroatoms. The highest BCUT2D eigenvalue weighted by molar-refractivity contribution is 5.82. The molecule has 0 radical (unpaired) electrons. The van der Waals surface area contributed by atoms with E-state index in [0.717, 1.165) is 18.9 Å². The van der Waals surface area contributed by atoms with Crippen LogP contribution in [-0.2, 0) is 6.18 Å². The van der Waals surface area contributed by atoms with Gasteiger partial charge < -0.3 is 16.4 Å². The maximum absolute atomic E-state index is 13.0. The van der Waals surface area contributed by atoms with E-state index in [9.17, 15) is 13.2 Å². The number of alkyl halides is 3. The van der Waals surface area contributed by atoms with Crippen LogP contribution in [0.4, 0.5) is 25.1 Å². The first-order chi connectivity index (χ1) is 13.7. The van der Waals surface area contributed by atoms with Gasteiger partial charge in [-0.05, 0) is 38.8 Å². The monoisotopic (exact) mass is 410 g/mol. The third kappa shape index (κ3) is 5.87. The highest BCUT2D eigenvalue weighted by Crippen LogP contribution is 2.29. The second-order valence-electron chi connectivity index (χ2n) is 6.77. The summed E-state index contributed by atoms with van der Waals surface area (Å²) in [7, 11) is 0. The van der Waals surface area contributed by atoms with Gasteiger partial charge in [0.25, 0.3) is 0 Å². The van der Waals surface area contributed by atoms with Crippen molar-refractivity contribution in [3.05, 3.63) is 35.8 Å². The smallest absolute Gasteiger partial charge is 0.403 e. The average molecular weight is 410 g/mol. The summed E-state index contributed by atoms with van der Waals surface area (Å²) in [6, 6.07) is 3.84. The molecule has 1 aliphatic rings. The molecule has 0 spiro atoms. The fourth-order valence-corrected chi connectivity index (χ4v) is 2.24. The van der Waals surface area contributed by atoms with Gasteiger partial charge in [0.05, 0.1) is 11.7 Å². The number of allylic oxidation sites excluding steroid dienone is 1. The Morgan fingerprint density at radius 1 is 1.21 bits per heavy atom. The predicted molar refractivity (Wildman–Crippen MR) is 108 cm³/mol. The Morgan fingerprint density at radius 2 is 1.93 bits per heavy atom. The van der Waals surface area contributed by atoms with E-state index >= 15 is 0 Å². The Morgan fingerprint density at radius 3 is 2.55 bits per heavy atom. The summed E-state index contributed by atoms with van der Waals surface area (Å²) in [5, 5.41) is 5.93. The molecule has 0 atom stereocenters. The van der Waals surface area contributed by atoms with Gasteiger partial charge in [0, 0.05) is 21.3 Å². The number of nitrogens with one attached hydrogen (secondary N) is 2. The molecule has 4 N–H and O–H groups in total. The zero-order chi connectivity index (χ0) is 21.0. The van der Waals surface area contributed by atoms with Crippen LogP contribution in [0.25, 0.3) is 11.5 Å². The normalized spacial score (nSPS) is 15.2. The number of pyridine rings is 1. The van der Waals surface area contributed by atoms with Crippen LogP contribution in [0.15, 0.2) is 35.1 Å². The van der Waals surface area contributed by atoms with E-state index in [4.69, 9.17) is 5.73 Å². The molecule has 2 aromatic heterocycles. The number of rotatable bonds is 7.